The Hall–Kier alpha value is -2.68. The van der Waals surface area contributed by atoms with Crippen LogP contribution in [0.15, 0.2) is 30.5 Å². The zero-order valence-corrected chi connectivity index (χ0v) is 20.7. The van der Waals surface area contributed by atoms with Crippen LogP contribution in [0.1, 0.15) is 80.0 Å². The summed E-state index contributed by atoms with van der Waals surface area (Å²) in [5, 5.41) is 3.49. The highest BCUT2D eigenvalue weighted by molar-refractivity contribution is 5.95. The smallest absolute Gasteiger partial charge is 0.202 e. The Labute approximate surface area is 198 Å². The van der Waals surface area contributed by atoms with Gasteiger partial charge in [0.05, 0.1) is 12.8 Å². The van der Waals surface area contributed by atoms with E-state index in [1.54, 1.807) is 7.11 Å². The molecule has 2 N–H and O–H groups in total. The second-order valence-corrected chi connectivity index (χ2v) is 10.4. The number of carbonyl (C=O) groups is 1. The van der Waals surface area contributed by atoms with Gasteiger partial charge in [-0.15, -0.1) is 6.42 Å². The molecule has 5 heteroatoms. The molecule has 1 aromatic carbocycles. The standard InChI is InChI=1S/C28H37N3O2/c1-7-23-18-30-26(31-23)25(32)16-21-8-9-22(28(4,5)19-29-14-15-33-6)17-24(21)20-10-12-27(2,3)13-11-20/h1,8-10,17-18,29H,11-16,19H2,2-6H3,(H,30,31). The molecule has 0 unspecified atom stereocenters. The van der Waals surface area contributed by atoms with Crippen molar-refractivity contribution >= 4 is 11.4 Å². The number of aromatic amines is 1. The molecule has 0 bridgehead atoms. The Bertz CT molecular complexity index is 1050. The highest BCUT2D eigenvalue weighted by Crippen LogP contribution is 2.40. The number of methoxy groups -OCH3 is 1. The van der Waals surface area contributed by atoms with Gasteiger partial charge in [-0.2, -0.15) is 0 Å². The first-order valence-corrected chi connectivity index (χ1v) is 11.7. The van der Waals surface area contributed by atoms with Crippen molar-refractivity contribution in [1.29, 1.82) is 0 Å². The van der Waals surface area contributed by atoms with Crippen molar-refractivity contribution in [3.05, 3.63) is 58.7 Å². The maximum absolute atomic E-state index is 13.0. The number of terminal acetylenes is 1. The van der Waals surface area contributed by atoms with E-state index in [9.17, 15) is 4.79 Å². The second-order valence-electron chi connectivity index (χ2n) is 10.4. The van der Waals surface area contributed by atoms with E-state index in [1.807, 2.05) is 0 Å². The molecule has 0 spiro atoms. The number of hydrogen-bond donors (Lipinski definition) is 2. The molecule has 176 valence electrons. The zero-order chi connectivity index (χ0) is 24.1. The van der Waals surface area contributed by atoms with E-state index in [0.29, 0.717) is 30.0 Å². The monoisotopic (exact) mass is 447 g/mol. The number of carbonyl (C=O) groups excluding carboxylic acids is 1. The van der Waals surface area contributed by atoms with Crippen LogP contribution in [-0.4, -0.2) is 42.6 Å². The summed E-state index contributed by atoms with van der Waals surface area (Å²) in [6.07, 6.45) is 12.8. The van der Waals surface area contributed by atoms with Gasteiger partial charge < -0.3 is 15.0 Å². The van der Waals surface area contributed by atoms with Crippen molar-refractivity contribution in [3.8, 4) is 12.3 Å². The Morgan fingerprint density at radius 1 is 1.36 bits per heavy atom. The number of benzene rings is 1. The Morgan fingerprint density at radius 2 is 2.15 bits per heavy atom. The van der Waals surface area contributed by atoms with E-state index in [-0.39, 0.29) is 11.2 Å². The van der Waals surface area contributed by atoms with Crippen LogP contribution in [0.4, 0.5) is 0 Å². The number of nitrogens with one attached hydrogen (secondary N) is 2. The topological polar surface area (TPSA) is 67.0 Å². The molecule has 0 aliphatic heterocycles. The fourth-order valence-electron chi connectivity index (χ4n) is 4.24. The minimum absolute atomic E-state index is 0.0530. The van der Waals surface area contributed by atoms with Crippen molar-refractivity contribution in [1.82, 2.24) is 15.3 Å². The average Bonchev–Trinajstić information content (AvgIpc) is 3.27. The molecule has 0 atom stereocenters. The van der Waals surface area contributed by atoms with Crippen LogP contribution >= 0.6 is 0 Å². The quantitative estimate of drug-likeness (QED) is 0.308. The summed E-state index contributed by atoms with van der Waals surface area (Å²) in [4.78, 5) is 20.1. The van der Waals surface area contributed by atoms with Crippen LogP contribution in [0.2, 0.25) is 0 Å². The summed E-state index contributed by atoms with van der Waals surface area (Å²) < 4.78 is 5.15. The summed E-state index contributed by atoms with van der Waals surface area (Å²) in [5.74, 6) is 2.76. The molecule has 1 aliphatic carbocycles. The third-order valence-corrected chi connectivity index (χ3v) is 6.61. The number of nitrogens with zero attached hydrogens (tertiary/aromatic N) is 1. The lowest BCUT2D eigenvalue weighted by Crippen LogP contribution is -2.34. The zero-order valence-electron chi connectivity index (χ0n) is 20.7. The number of ketones is 1. The van der Waals surface area contributed by atoms with Gasteiger partial charge >= 0.3 is 0 Å². The van der Waals surface area contributed by atoms with Crippen LogP contribution < -0.4 is 5.32 Å². The Balaban J connectivity index is 1.91. The molecule has 5 nitrogen and oxygen atoms in total. The molecule has 1 aromatic heterocycles. The maximum Gasteiger partial charge on any atom is 0.202 e. The third-order valence-electron chi connectivity index (χ3n) is 6.61. The molecule has 1 heterocycles. The minimum atomic E-state index is -0.0533. The molecule has 0 saturated heterocycles. The third kappa shape index (κ3) is 6.43. The van der Waals surface area contributed by atoms with Gasteiger partial charge in [-0.25, -0.2) is 4.98 Å². The predicted molar refractivity (Wildman–Crippen MR) is 134 cm³/mol. The number of imidazole rings is 1. The maximum atomic E-state index is 13.0. The minimum Gasteiger partial charge on any atom is -0.383 e. The fourth-order valence-corrected chi connectivity index (χ4v) is 4.24. The number of H-pyrrole nitrogens is 1. The first-order valence-electron chi connectivity index (χ1n) is 11.7. The number of allylic oxidation sites excluding steroid dienone is 2. The average molecular weight is 448 g/mol. The normalized spacial score (nSPS) is 15.7. The van der Waals surface area contributed by atoms with Gasteiger partial charge in [-0.05, 0) is 46.9 Å². The summed E-state index contributed by atoms with van der Waals surface area (Å²) in [7, 11) is 1.72. The van der Waals surface area contributed by atoms with Gasteiger partial charge in [0.25, 0.3) is 0 Å². The van der Waals surface area contributed by atoms with Crippen molar-refractivity contribution in [2.75, 3.05) is 26.8 Å². The highest BCUT2D eigenvalue weighted by Gasteiger charge is 2.26. The molecule has 0 saturated carbocycles. The van der Waals surface area contributed by atoms with E-state index in [4.69, 9.17) is 11.2 Å². The van der Waals surface area contributed by atoms with Gasteiger partial charge in [0.15, 0.2) is 5.82 Å². The van der Waals surface area contributed by atoms with Gasteiger partial charge in [-0.1, -0.05) is 57.9 Å². The van der Waals surface area contributed by atoms with E-state index in [2.05, 4.69) is 73.2 Å². The predicted octanol–water partition coefficient (Wildman–Crippen LogP) is 4.92. The number of Topliss-reactive ketones (excluding diaryl/α,β-unsaturated/α-hetero) is 1. The van der Waals surface area contributed by atoms with Crippen LogP contribution in [0.3, 0.4) is 0 Å². The Kier molecular flexibility index (Phi) is 7.94. The summed E-state index contributed by atoms with van der Waals surface area (Å²) in [5.41, 5.74) is 5.61. The van der Waals surface area contributed by atoms with Crippen LogP contribution in [0.25, 0.3) is 5.57 Å². The van der Waals surface area contributed by atoms with E-state index in [1.165, 1.54) is 22.9 Å². The highest BCUT2D eigenvalue weighted by atomic mass is 16.5. The number of aromatic nitrogens is 2. The van der Waals surface area contributed by atoms with Crippen molar-refractivity contribution < 1.29 is 9.53 Å². The first-order chi connectivity index (χ1) is 15.6. The lowest BCUT2D eigenvalue weighted by Gasteiger charge is -2.31. The number of rotatable bonds is 10. The van der Waals surface area contributed by atoms with Gasteiger partial charge in [0, 0.05) is 32.0 Å². The molecule has 1 aliphatic rings. The number of hydrogen-bond acceptors (Lipinski definition) is 4. The summed E-state index contributed by atoms with van der Waals surface area (Å²) in [6, 6.07) is 6.57. The van der Waals surface area contributed by atoms with E-state index < -0.39 is 0 Å². The summed E-state index contributed by atoms with van der Waals surface area (Å²) in [6.45, 7) is 11.5. The SMILES string of the molecule is C#Cc1cnc(C(=O)Cc2ccc(C(C)(C)CNCCOC)cc2C2=CCC(C)(C)CC2)[nH]1. The molecule has 33 heavy (non-hydrogen) atoms. The lowest BCUT2D eigenvalue weighted by molar-refractivity contribution is 0.0984. The molecular formula is C28H37N3O2. The molecule has 0 amide bonds. The Morgan fingerprint density at radius 3 is 2.79 bits per heavy atom. The van der Waals surface area contributed by atoms with Gasteiger partial charge in [-0.3, -0.25) is 4.79 Å². The molecule has 0 fully saturated rings. The van der Waals surface area contributed by atoms with Crippen LogP contribution in [0, 0.1) is 17.8 Å². The van der Waals surface area contributed by atoms with Gasteiger partial charge in [0.1, 0.15) is 5.69 Å². The fraction of sp³-hybridized carbons (Fsp3) is 0.500. The van der Waals surface area contributed by atoms with Crippen molar-refractivity contribution in [3.63, 3.8) is 0 Å². The number of ether oxygens (including phenoxy) is 1. The van der Waals surface area contributed by atoms with Crippen molar-refractivity contribution in [2.45, 2.75) is 58.8 Å². The molecule has 3 rings (SSSR count). The van der Waals surface area contributed by atoms with Crippen molar-refractivity contribution in [2.24, 2.45) is 5.41 Å². The van der Waals surface area contributed by atoms with Crippen LogP contribution in [0.5, 0.6) is 0 Å². The summed E-state index contributed by atoms with van der Waals surface area (Å²) >= 11 is 0. The molecule has 0 radical (unpaired) electrons. The van der Waals surface area contributed by atoms with E-state index >= 15 is 0 Å². The first kappa shape index (κ1) is 25.0. The van der Waals surface area contributed by atoms with Gasteiger partial charge in [0.2, 0.25) is 5.78 Å². The molecular weight excluding hydrogens is 410 g/mol. The van der Waals surface area contributed by atoms with E-state index in [0.717, 1.165) is 37.9 Å². The second kappa shape index (κ2) is 10.5. The lowest BCUT2D eigenvalue weighted by atomic mass is 9.75. The van der Waals surface area contributed by atoms with Crippen LogP contribution in [-0.2, 0) is 16.6 Å². The molecule has 2 aromatic rings. The largest absolute Gasteiger partial charge is 0.383 e.